The minimum Gasteiger partial charge on any atom is -0.494 e. The second-order valence-electron chi connectivity index (χ2n) is 12.1. The van der Waals surface area contributed by atoms with Crippen LogP contribution >= 0.6 is 0 Å². The number of benzene rings is 2. The van der Waals surface area contributed by atoms with Gasteiger partial charge in [0.05, 0.1) is 41.6 Å². The van der Waals surface area contributed by atoms with Crippen LogP contribution in [0.15, 0.2) is 78.3 Å². The summed E-state index contributed by atoms with van der Waals surface area (Å²) in [5.41, 5.74) is 5.70. The second kappa shape index (κ2) is 12.3. The minimum absolute atomic E-state index is 0.290. The van der Waals surface area contributed by atoms with Crippen LogP contribution in [0.2, 0.25) is 0 Å². The predicted molar refractivity (Wildman–Crippen MR) is 181 cm³/mol. The molecule has 46 heavy (non-hydrogen) atoms. The van der Waals surface area contributed by atoms with Gasteiger partial charge in [-0.2, -0.15) is 0 Å². The Labute approximate surface area is 267 Å². The number of oxazole rings is 1. The summed E-state index contributed by atoms with van der Waals surface area (Å²) in [6.45, 7) is 5.37. The lowest BCUT2D eigenvalue weighted by Crippen LogP contribution is -2.42. The molecule has 5 aromatic rings. The Balaban J connectivity index is 1.29. The van der Waals surface area contributed by atoms with Crippen molar-refractivity contribution in [2.24, 2.45) is 0 Å². The number of aromatic nitrogens is 4. The number of ether oxygens (including phenoxy) is 1. The Hall–Kier alpha value is -5.16. The van der Waals surface area contributed by atoms with Crippen molar-refractivity contribution in [2.75, 3.05) is 49.8 Å². The Bertz CT molecular complexity index is 1890. The summed E-state index contributed by atoms with van der Waals surface area (Å²) in [6.07, 6.45) is 12.7. The highest BCUT2D eigenvalue weighted by atomic mass is 16.5. The van der Waals surface area contributed by atoms with Gasteiger partial charge < -0.3 is 34.2 Å². The average Bonchev–Trinajstić information content (AvgIpc) is 3.63. The Morgan fingerprint density at radius 2 is 1.89 bits per heavy atom. The molecular formula is C35H38N8O3. The number of hydrogen-bond acceptors (Lipinski definition) is 9. The van der Waals surface area contributed by atoms with E-state index in [0.29, 0.717) is 52.3 Å². The zero-order valence-electron chi connectivity index (χ0n) is 26.4. The van der Waals surface area contributed by atoms with Crippen LogP contribution in [0.4, 0.5) is 23.0 Å². The monoisotopic (exact) mass is 618 g/mol. The largest absolute Gasteiger partial charge is 0.494 e. The van der Waals surface area contributed by atoms with Gasteiger partial charge in [-0.25, -0.2) is 15.0 Å². The second-order valence-corrected chi connectivity index (χ2v) is 12.1. The highest BCUT2D eigenvalue weighted by Gasteiger charge is 2.28. The van der Waals surface area contributed by atoms with Crippen molar-refractivity contribution >= 4 is 39.8 Å². The molecule has 0 spiro atoms. The van der Waals surface area contributed by atoms with Gasteiger partial charge in [-0.05, 0) is 58.0 Å². The molecule has 1 saturated carbocycles. The molecule has 1 aliphatic heterocycles. The van der Waals surface area contributed by atoms with E-state index in [9.17, 15) is 4.79 Å². The third kappa shape index (κ3) is 5.69. The lowest BCUT2D eigenvalue weighted by atomic mass is 10.0. The number of nitrogens with one attached hydrogen (secondary N) is 2. The number of methoxy groups -OCH3 is 1. The molecule has 0 bridgehead atoms. The molecule has 3 aromatic heterocycles. The van der Waals surface area contributed by atoms with Crippen molar-refractivity contribution in [3.8, 4) is 28.5 Å². The number of anilines is 4. The molecule has 2 fully saturated rings. The van der Waals surface area contributed by atoms with Crippen molar-refractivity contribution in [3.05, 3.63) is 73.9 Å². The van der Waals surface area contributed by atoms with E-state index in [0.717, 1.165) is 55.4 Å². The van der Waals surface area contributed by atoms with Crippen molar-refractivity contribution in [1.29, 1.82) is 0 Å². The van der Waals surface area contributed by atoms with Gasteiger partial charge in [0.15, 0.2) is 0 Å². The maximum atomic E-state index is 12.5. The number of hydrogen-bond donors (Lipinski definition) is 2. The number of rotatable bonds is 10. The highest BCUT2D eigenvalue weighted by Crippen LogP contribution is 2.44. The van der Waals surface area contributed by atoms with Crippen LogP contribution in [0.3, 0.4) is 0 Å². The predicted octanol–water partition coefficient (Wildman–Crippen LogP) is 6.50. The fraction of sp³-hybridized carbons (Fsp3) is 0.314. The van der Waals surface area contributed by atoms with Gasteiger partial charge in [0.1, 0.15) is 12.0 Å². The van der Waals surface area contributed by atoms with Crippen LogP contribution in [0.5, 0.6) is 5.75 Å². The molecule has 2 aliphatic rings. The molecule has 1 amide bonds. The van der Waals surface area contributed by atoms with Crippen molar-refractivity contribution < 1.29 is 13.9 Å². The number of amides is 1. The maximum absolute atomic E-state index is 12.5. The molecular weight excluding hydrogens is 580 g/mol. The third-order valence-corrected chi connectivity index (χ3v) is 8.93. The van der Waals surface area contributed by atoms with Gasteiger partial charge >= 0.3 is 0 Å². The fourth-order valence-corrected chi connectivity index (χ4v) is 6.33. The SMILES string of the molecule is C=CC(=O)Nc1cc(Nc2ncc(-c3ncco3)c(-c3cn(C4CC4)c4ccccc34)n2)c(OC)cc1N1CCC(N(C)C)CC1. The number of carbonyl (C=O) groups is 1. The first-order valence-corrected chi connectivity index (χ1v) is 15.6. The van der Waals surface area contributed by atoms with E-state index in [1.807, 2.05) is 18.2 Å². The van der Waals surface area contributed by atoms with Gasteiger partial charge in [-0.1, -0.05) is 24.8 Å². The maximum Gasteiger partial charge on any atom is 0.247 e. The lowest BCUT2D eigenvalue weighted by molar-refractivity contribution is -0.111. The van der Waals surface area contributed by atoms with E-state index >= 15 is 0 Å². The average molecular weight is 619 g/mol. The van der Waals surface area contributed by atoms with Crippen molar-refractivity contribution in [1.82, 2.24) is 24.4 Å². The molecule has 11 nitrogen and oxygen atoms in total. The summed E-state index contributed by atoms with van der Waals surface area (Å²) in [5, 5.41) is 7.48. The topological polar surface area (TPSA) is 114 Å². The first-order chi connectivity index (χ1) is 22.4. The van der Waals surface area contributed by atoms with E-state index in [2.05, 4.69) is 80.0 Å². The Morgan fingerprint density at radius 3 is 2.59 bits per heavy atom. The van der Waals surface area contributed by atoms with Crippen LogP contribution in [0, 0.1) is 0 Å². The van der Waals surface area contributed by atoms with E-state index in [1.54, 1.807) is 25.8 Å². The molecule has 0 unspecified atom stereocenters. The van der Waals surface area contributed by atoms with E-state index in [-0.39, 0.29) is 5.91 Å². The summed E-state index contributed by atoms with van der Waals surface area (Å²) in [6, 6.07) is 13.2. The van der Waals surface area contributed by atoms with Crippen LogP contribution in [0.1, 0.15) is 31.7 Å². The standard InChI is InChI=1S/C35H38N8O3/c1-5-32(44)38-27-18-28(31(45-4)19-30(27)42-15-12-22(13-16-42)41(2)3)39-35-37-20-25(34-36-14-17-46-34)33(40-35)26-21-43(23-10-11-23)29-9-7-6-8-24(26)29/h5-9,14,17-23H,1,10-13,15-16H2,2-4H3,(H,38,44)(H,37,39,40). The Kier molecular flexibility index (Phi) is 7.91. The van der Waals surface area contributed by atoms with Crippen molar-refractivity contribution in [2.45, 2.75) is 37.8 Å². The zero-order chi connectivity index (χ0) is 31.8. The lowest BCUT2D eigenvalue weighted by Gasteiger charge is -2.37. The summed E-state index contributed by atoms with van der Waals surface area (Å²) < 4.78 is 13.9. The molecule has 7 rings (SSSR count). The van der Waals surface area contributed by atoms with Crippen LogP contribution < -0.4 is 20.3 Å². The number of carbonyl (C=O) groups excluding carboxylic acids is 1. The van der Waals surface area contributed by atoms with Gasteiger partial charge in [-0.15, -0.1) is 0 Å². The molecule has 1 saturated heterocycles. The van der Waals surface area contributed by atoms with Gasteiger partial charge in [-0.3, -0.25) is 4.79 Å². The number of fused-ring (bicyclic) bond motifs is 1. The zero-order valence-corrected chi connectivity index (χ0v) is 26.4. The van der Waals surface area contributed by atoms with Crippen LogP contribution in [-0.2, 0) is 4.79 Å². The van der Waals surface area contributed by atoms with E-state index in [1.165, 1.54) is 11.6 Å². The number of nitrogens with zero attached hydrogens (tertiary/aromatic N) is 6. The number of piperidine rings is 1. The van der Waals surface area contributed by atoms with Gasteiger partial charge in [0, 0.05) is 60.1 Å². The minimum atomic E-state index is -0.290. The van der Waals surface area contributed by atoms with Gasteiger partial charge in [0.25, 0.3) is 0 Å². The summed E-state index contributed by atoms with van der Waals surface area (Å²) in [4.78, 5) is 31.2. The first kappa shape index (κ1) is 29.5. The summed E-state index contributed by atoms with van der Waals surface area (Å²) in [7, 11) is 5.88. The molecule has 0 atom stereocenters. The first-order valence-electron chi connectivity index (χ1n) is 15.6. The molecule has 2 N–H and O–H groups in total. The smallest absolute Gasteiger partial charge is 0.247 e. The third-order valence-electron chi connectivity index (χ3n) is 8.93. The molecule has 4 heterocycles. The quantitative estimate of drug-likeness (QED) is 0.169. The number of para-hydroxylation sites is 1. The van der Waals surface area contributed by atoms with Crippen LogP contribution in [0.25, 0.3) is 33.6 Å². The van der Waals surface area contributed by atoms with Crippen LogP contribution in [-0.4, -0.2) is 70.7 Å². The Morgan fingerprint density at radius 1 is 1.09 bits per heavy atom. The molecule has 0 radical (unpaired) electrons. The molecule has 236 valence electrons. The normalized spacial score (nSPS) is 15.3. The fourth-order valence-electron chi connectivity index (χ4n) is 6.33. The van der Waals surface area contributed by atoms with Crippen molar-refractivity contribution in [3.63, 3.8) is 0 Å². The molecule has 11 heteroatoms. The van der Waals surface area contributed by atoms with E-state index < -0.39 is 0 Å². The summed E-state index contributed by atoms with van der Waals surface area (Å²) >= 11 is 0. The molecule has 2 aromatic carbocycles. The van der Waals surface area contributed by atoms with E-state index in [4.69, 9.17) is 14.1 Å². The summed E-state index contributed by atoms with van der Waals surface area (Å²) in [5.74, 6) is 1.13. The molecule has 1 aliphatic carbocycles. The van der Waals surface area contributed by atoms with Gasteiger partial charge in [0.2, 0.25) is 17.7 Å². The highest BCUT2D eigenvalue weighted by molar-refractivity contribution is 6.02.